The van der Waals surface area contributed by atoms with Crippen molar-refractivity contribution < 1.29 is 9.21 Å². The molecule has 0 aromatic carbocycles. The van der Waals surface area contributed by atoms with Gasteiger partial charge in [-0.05, 0) is 37.0 Å². The van der Waals surface area contributed by atoms with Gasteiger partial charge in [0.25, 0.3) is 5.91 Å². The highest BCUT2D eigenvalue weighted by atomic mass is 127. The van der Waals surface area contributed by atoms with Crippen LogP contribution in [0.25, 0.3) is 0 Å². The van der Waals surface area contributed by atoms with Crippen molar-refractivity contribution in [3.05, 3.63) is 23.7 Å². The summed E-state index contributed by atoms with van der Waals surface area (Å²) < 4.78 is 5.27. The summed E-state index contributed by atoms with van der Waals surface area (Å²) in [5.74, 6) is 2.14. The van der Waals surface area contributed by atoms with Crippen LogP contribution in [0.5, 0.6) is 0 Å². The Hall–Kier alpha value is -0.900. The van der Waals surface area contributed by atoms with Crippen molar-refractivity contribution in [3.63, 3.8) is 0 Å². The average Bonchev–Trinajstić information content (AvgIpc) is 2.91. The summed E-state index contributed by atoms with van der Waals surface area (Å²) >= 11 is 1.85. The van der Waals surface area contributed by atoms with Crippen LogP contribution >= 0.6 is 35.7 Å². The zero-order valence-corrected chi connectivity index (χ0v) is 15.5. The predicted molar refractivity (Wildman–Crippen MR) is 98.5 cm³/mol. The van der Waals surface area contributed by atoms with Crippen molar-refractivity contribution in [2.45, 2.75) is 19.4 Å². The number of amides is 1. The number of unbranched alkanes of at least 4 members (excludes halogenated alkanes) is 1. The van der Waals surface area contributed by atoms with E-state index in [1.807, 2.05) is 11.8 Å². The van der Waals surface area contributed by atoms with Gasteiger partial charge in [0.2, 0.25) is 0 Å². The van der Waals surface area contributed by atoms with Gasteiger partial charge in [-0.2, -0.15) is 11.8 Å². The number of carbonyl (C=O) groups is 1. The number of hydrogen-bond donors (Lipinski definition) is 3. The number of primary amides is 1. The Kier molecular flexibility index (Phi) is 11.2. The van der Waals surface area contributed by atoms with Crippen molar-refractivity contribution in [2.24, 2.45) is 10.7 Å². The molecule has 21 heavy (non-hydrogen) atoms. The second-order valence-electron chi connectivity index (χ2n) is 4.18. The Bertz CT molecular complexity index is 451. The summed E-state index contributed by atoms with van der Waals surface area (Å²) in [6, 6.07) is 3.29. The molecule has 1 aromatic rings. The third kappa shape index (κ3) is 8.20. The van der Waals surface area contributed by atoms with Crippen molar-refractivity contribution in [3.8, 4) is 0 Å². The smallest absolute Gasteiger partial charge is 0.284 e. The lowest BCUT2D eigenvalue weighted by molar-refractivity contribution is 0.0972. The van der Waals surface area contributed by atoms with Gasteiger partial charge in [-0.3, -0.25) is 9.79 Å². The molecule has 1 amide bonds. The van der Waals surface area contributed by atoms with Crippen LogP contribution in [0.4, 0.5) is 0 Å². The molecule has 6 nitrogen and oxygen atoms in total. The first-order valence-electron chi connectivity index (χ1n) is 6.49. The van der Waals surface area contributed by atoms with E-state index in [0.29, 0.717) is 18.3 Å². The summed E-state index contributed by atoms with van der Waals surface area (Å²) in [7, 11) is 1.72. The Morgan fingerprint density at radius 2 is 2.14 bits per heavy atom. The van der Waals surface area contributed by atoms with Gasteiger partial charge in [0.15, 0.2) is 11.7 Å². The highest BCUT2D eigenvalue weighted by molar-refractivity contribution is 14.0. The maximum Gasteiger partial charge on any atom is 0.284 e. The van der Waals surface area contributed by atoms with E-state index < -0.39 is 5.91 Å². The Morgan fingerprint density at radius 1 is 1.38 bits per heavy atom. The number of carbonyl (C=O) groups excluding carboxylic acids is 1. The number of thioether (sulfide) groups is 1. The summed E-state index contributed by atoms with van der Waals surface area (Å²) in [6.07, 6.45) is 4.40. The molecular formula is C13H23IN4O2S. The normalized spacial score (nSPS) is 10.9. The molecule has 8 heteroatoms. The number of guanidine groups is 1. The highest BCUT2D eigenvalue weighted by Gasteiger charge is 2.07. The molecule has 4 N–H and O–H groups in total. The minimum Gasteiger partial charge on any atom is -0.454 e. The molecule has 0 aliphatic rings. The molecule has 0 bridgehead atoms. The third-order valence-corrected chi connectivity index (χ3v) is 3.32. The molecule has 0 atom stereocenters. The number of nitrogens with zero attached hydrogens (tertiary/aromatic N) is 1. The van der Waals surface area contributed by atoms with E-state index in [1.165, 1.54) is 12.2 Å². The molecule has 0 saturated carbocycles. The summed E-state index contributed by atoms with van der Waals surface area (Å²) in [5, 5.41) is 6.34. The molecule has 120 valence electrons. The van der Waals surface area contributed by atoms with E-state index in [9.17, 15) is 4.79 Å². The van der Waals surface area contributed by atoms with Crippen LogP contribution in [0.1, 0.15) is 29.2 Å². The summed E-state index contributed by atoms with van der Waals surface area (Å²) in [4.78, 5) is 15.0. The van der Waals surface area contributed by atoms with Crippen LogP contribution in [0, 0.1) is 0 Å². The minimum absolute atomic E-state index is 0. The highest BCUT2D eigenvalue weighted by Crippen LogP contribution is 2.06. The molecule has 0 fully saturated rings. The van der Waals surface area contributed by atoms with E-state index in [2.05, 4.69) is 21.9 Å². The van der Waals surface area contributed by atoms with Gasteiger partial charge >= 0.3 is 0 Å². The summed E-state index contributed by atoms with van der Waals surface area (Å²) in [6.45, 7) is 1.34. The lowest BCUT2D eigenvalue weighted by Gasteiger charge is -2.10. The zero-order valence-electron chi connectivity index (χ0n) is 12.3. The molecule has 1 heterocycles. The minimum atomic E-state index is -0.562. The summed E-state index contributed by atoms with van der Waals surface area (Å²) in [5.41, 5.74) is 5.12. The number of rotatable bonds is 8. The topological polar surface area (TPSA) is 92.6 Å². The Morgan fingerprint density at radius 3 is 2.71 bits per heavy atom. The molecule has 0 aliphatic carbocycles. The van der Waals surface area contributed by atoms with Crippen LogP contribution in [-0.2, 0) is 6.54 Å². The molecular weight excluding hydrogens is 403 g/mol. The van der Waals surface area contributed by atoms with Crippen molar-refractivity contribution >= 4 is 47.6 Å². The lowest BCUT2D eigenvalue weighted by Crippen LogP contribution is -2.37. The maximum absolute atomic E-state index is 10.9. The number of halogens is 1. The third-order valence-electron chi connectivity index (χ3n) is 2.63. The first-order valence-corrected chi connectivity index (χ1v) is 7.88. The van der Waals surface area contributed by atoms with E-state index in [1.54, 1.807) is 19.2 Å². The fourth-order valence-electron chi connectivity index (χ4n) is 1.57. The number of furan rings is 1. The predicted octanol–water partition coefficient (Wildman–Crippen LogP) is 1.80. The lowest BCUT2D eigenvalue weighted by atomic mass is 10.3. The van der Waals surface area contributed by atoms with Gasteiger partial charge < -0.3 is 20.8 Å². The SMILES string of the molecule is CN=C(NCCCCSC)NCc1ccc(C(N)=O)o1.I. The van der Waals surface area contributed by atoms with Gasteiger partial charge in [0.1, 0.15) is 5.76 Å². The first kappa shape index (κ1) is 20.1. The molecule has 0 radical (unpaired) electrons. The largest absolute Gasteiger partial charge is 0.454 e. The Labute approximate surface area is 146 Å². The van der Waals surface area contributed by atoms with Crippen molar-refractivity contribution in [2.75, 3.05) is 25.6 Å². The van der Waals surface area contributed by atoms with Crippen molar-refractivity contribution in [1.82, 2.24) is 10.6 Å². The molecule has 0 spiro atoms. The molecule has 0 aliphatic heterocycles. The van der Waals surface area contributed by atoms with E-state index >= 15 is 0 Å². The van der Waals surface area contributed by atoms with Gasteiger partial charge in [-0.1, -0.05) is 0 Å². The zero-order chi connectivity index (χ0) is 14.8. The van der Waals surface area contributed by atoms with Gasteiger partial charge in [-0.25, -0.2) is 0 Å². The standard InChI is InChI=1S/C13H22N4O2S.HI/c1-15-13(16-7-3-4-8-20-2)17-9-10-5-6-11(19-10)12(14)18;/h5-6H,3-4,7-9H2,1-2H3,(H2,14,18)(H2,15,16,17);1H. The molecule has 1 aromatic heterocycles. The van der Waals surface area contributed by atoms with Crippen LogP contribution in [-0.4, -0.2) is 37.5 Å². The van der Waals surface area contributed by atoms with E-state index in [4.69, 9.17) is 10.2 Å². The fourth-order valence-corrected chi connectivity index (χ4v) is 2.07. The molecule has 1 rings (SSSR count). The fraction of sp³-hybridized carbons (Fsp3) is 0.538. The van der Waals surface area contributed by atoms with Gasteiger partial charge in [0, 0.05) is 13.6 Å². The van der Waals surface area contributed by atoms with Crippen LogP contribution in [0.3, 0.4) is 0 Å². The number of aliphatic imine (C=N–C) groups is 1. The number of nitrogens with one attached hydrogen (secondary N) is 2. The quantitative estimate of drug-likeness (QED) is 0.255. The number of hydrogen-bond acceptors (Lipinski definition) is 4. The van der Waals surface area contributed by atoms with E-state index in [-0.39, 0.29) is 29.7 Å². The second-order valence-corrected chi connectivity index (χ2v) is 5.17. The first-order chi connectivity index (χ1) is 9.67. The van der Waals surface area contributed by atoms with Crippen LogP contribution in [0.15, 0.2) is 21.5 Å². The number of nitrogens with two attached hydrogens (primary N) is 1. The maximum atomic E-state index is 10.9. The van der Waals surface area contributed by atoms with Gasteiger partial charge in [0.05, 0.1) is 6.54 Å². The Balaban J connectivity index is 0.00000400. The second kappa shape index (κ2) is 11.7. The van der Waals surface area contributed by atoms with Crippen molar-refractivity contribution in [1.29, 1.82) is 0 Å². The van der Waals surface area contributed by atoms with Gasteiger partial charge in [-0.15, -0.1) is 24.0 Å². The molecule has 0 saturated heterocycles. The van der Waals surface area contributed by atoms with E-state index in [0.717, 1.165) is 13.0 Å². The monoisotopic (exact) mass is 426 g/mol. The van der Waals surface area contributed by atoms with Crippen LogP contribution < -0.4 is 16.4 Å². The van der Waals surface area contributed by atoms with Crippen LogP contribution in [0.2, 0.25) is 0 Å². The average molecular weight is 426 g/mol. The molecule has 0 unspecified atom stereocenters.